The van der Waals surface area contributed by atoms with Gasteiger partial charge in [0.1, 0.15) is 33.3 Å². The van der Waals surface area contributed by atoms with E-state index in [1.807, 2.05) is 56.3 Å². The van der Waals surface area contributed by atoms with Crippen molar-refractivity contribution in [3.8, 4) is 35.8 Å². The number of rotatable bonds is 2. The monoisotopic (exact) mass is 636 g/mol. The molecule has 11 heteroatoms. The van der Waals surface area contributed by atoms with Crippen LogP contribution < -0.4 is 0 Å². The maximum Gasteiger partial charge on any atom is 0.153 e. The Labute approximate surface area is 255 Å². The predicted octanol–water partition coefficient (Wildman–Crippen LogP) is 6.05. The Bertz CT molecular complexity index is 1870. The Kier molecular flexibility index (Phi) is 10.6. The minimum atomic E-state index is -0.376. The van der Waals surface area contributed by atoms with Gasteiger partial charge in [0.15, 0.2) is 11.6 Å². The molecule has 0 aliphatic rings. The number of terminal acetylenes is 1. The molecule has 0 radical (unpaired) electrons. The van der Waals surface area contributed by atoms with Crippen molar-refractivity contribution in [2.45, 2.75) is 13.8 Å². The second-order valence-electron chi connectivity index (χ2n) is 8.60. The second kappa shape index (κ2) is 14.9. The standard InChI is InChI=1S/C16H11FN4.C11H8FN3.C5H4BrN/c1-12-10-15(7-6-14-4-2-3-9-18-14)20-21(12)16-8-5-13(17)11-19-16;1-3-10-6-8(2)15(14-10)11-5-4-9(12)7-13-11;6-5-3-1-2-4-7-5/h2-5,8-11H,1H3;1,4-7H,2H3;1-4H. The summed E-state index contributed by atoms with van der Waals surface area (Å²) in [5.74, 6) is 8.69. The number of aromatic nitrogens is 8. The summed E-state index contributed by atoms with van der Waals surface area (Å²) in [6.45, 7) is 3.75. The van der Waals surface area contributed by atoms with E-state index in [0.29, 0.717) is 28.7 Å². The highest BCUT2D eigenvalue weighted by atomic mass is 79.9. The van der Waals surface area contributed by atoms with Crippen molar-refractivity contribution >= 4 is 15.9 Å². The van der Waals surface area contributed by atoms with Crippen LogP contribution >= 0.6 is 15.9 Å². The lowest BCUT2D eigenvalue weighted by Gasteiger charge is -2.01. The fraction of sp³-hybridized carbons (Fsp3) is 0.0625. The first kappa shape index (κ1) is 30.4. The third-order valence-electron chi connectivity index (χ3n) is 5.39. The fourth-order valence-electron chi connectivity index (χ4n) is 3.44. The molecule has 0 N–H and O–H groups in total. The van der Waals surface area contributed by atoms with Crippen LogP contribution in [0.3, 0.4) is 0 Å². The quantitative estimate of drug-likeness (QED) is 0.170. The first-order valence-corrected chi connectivity index (χ1v) is 13.4. The summed E-state index contributed by atoms with van der Waals surface area (Å²) in [6, 6.07) is 20.7. The number of halogens is 3. The molecular formula is C32H23BrF2N8. The highest BCUT2D eigenvalue weighted by Crippen LogP contribution is 2.11. The van der Waals surface area contributed by atoms with Gasteiger partial charge in [-0.25, -0.2) is 38.1 Å². The molecule has 6 heterocycles. The third kappa shape index (κ3) is 8.98. The molecule has 0 bridgehead atoms. The third-order valence-corrected chi connectivity index (χ3v) is 5.86. The van der Waals surface area contributed by atoms with Crippen molar-refractivity contribution in [1.82, 2.24) is 39.5 Å². The molecule has 0 fully saturated rings. The van der Waals surface area contributed by atoms with Crippen LogP contribution in [0.5, 0.6) is 0 Å². The van der Waals surface area contributed by atoms with Crippen molar-refractivity contribution in [3.63, 3.8) is 0 Å². The van der Waals surface area contributed by atoms with Gasteiger partial charge in [-0.3, -0.25) is 0 Å². The van der Waals surface area contributed by atoms with Crippen LogP contribution in [-0.2, 0) is 0 Å². The molecule has 0 aliphatic carbocycles. The summed E-state index contributed by atoms with van der Waals surface area (Å²) in [5.41, 5.74) is 3.58. The molecule has 6 aromatic rings. The molecule has 0 aliphatic heterocycles. The van der Waals surface area contributed by atoms with Crippen LogP contribution in [0.1, 0.15) is 28.5 Å². The molecule has 6 rings (SSSR count). The molecule has 0 unspecified atom stereocenters. The zero-order valence-electron chi connectivity index (χ0n) is 23.0. The molecule has 0 saturated carbocycles. The molecule has 8 nitrogen and oxygen atoms in total. The zero-order chi connectivity index (χ0) is 30.6. The Morgan fingerprint density at radius 3 is 1.60 bits per heavy atom. The summed E-state index contributed by atoms with van der Waals surface area (Å²) in [5, 5.41) is 8.48. The molecular weight excluding hydrogens is 614 g/mol. The van der Waals surface area contributed by atoms with E-state index in [1.54, 1.807) is 40.0 Å². The minimum absolute atomic E-state index is 0.374. The maximum atomic E-state index is 12.9. The number of pyridine rings is 4. The summed E-state index contributed by atoms with van der Waals surface area (Å²) >= 11 is 3.20. The lowest BCUT2D eigenvalue weighted by molar-refractivity contribution is 0.618. The van der Waals surface area contributed by atoms with Gasteiger partial charge >= 0.3 is 0 Å². The van der Waals surface area contributed by atoms with E-state index in [4.69, 9.17) is 6.42 Å². The van der Waals surface area contributed by atoms with E-state index in [-0.39, 0.29) is 11.6 Å². The summed E-state index contributed by atoms with van der Waals surface area (Å²) in [4.78, 5) is 15.9. The smallest absolute Gasteiger partial charge is 0.153 e. The van der Waals surface area contributed by atoms with Gasteiger partial charge in [-0.2, -0.15) is 10.2 Å². The summed E-state index contributed by atoms with van der Waals surface area (Å²) in [6.07, 6.45) is 11.0. The van der Waals surface area contributed by atoms with Gasteiger partial charge in [0.2, 0.25) is 0 Å². The van der Waals surface area contributed by atoms with E-state index in [9.17, 15) is 8.78 Å². The second-order valence-corrected chi connectivity index (χ2v) is 9.41. The average Bonchev–Trinajstić information content (AvgIpc) is 3.60. The Hall–Kier alpha value is -5.52. The van der Waals surface area contributed by atoms with Crippen LogP contribution in [0.4, 0.5) is 8.78 Å². The lowest BCUT2D eigenvalue weighted by Crippen LogP contribution is -2.01. The Morgan fingerprint density at radius 1 is 0.651 bits per heavy atom. The summed E-state index contributed by atoms with van der Waals surface area (Å²) in [7, 11) is 0. The summed E-state index contributed by atoms with van der Waals surface area (Å²) < 4.78 is 29.6. The minimum Gasteiger partial charge on any atom is -0.249 e. The van der Waals surface area contributed by atoms with Gasteiger partial charge < -0.3 is 0 Å². The van der Waals surface area contributed by atoms with Crippen molar-refractivity contribution in [2.24, 2.45) is 0 Å². The van der Waals surface area contributed by atoms with Crippen LogP contribution in [-0.4, -0.2) is 39.5 Å². The first-order valence-electron chi connectivity index (χ1n) is 12.7. The van der Waals surface area contributed by atoms with Gasteiger partial charge in [-0.05, 0) is 108 Å². The lowest BCUT2D eigenvalue weighted by atomic mass is 10.3. The molecule has 6 aromatic heterocycles. The Balaban J connectivity index is 0.000000167. The molecule has 0 aromatic carbocycles. The van der Waals surface area contributed by atoms with Crippen molar-refractivity contribution < 1.29 is 8.78 Å². The molecule has 0 spiro atoms. The molecule has 43 heavy (non-hydrogen) atoms. The number of hydrogen-bond acceptors (Lipinski definition) is 6. The SMILES string of the molecule is Brc1ccccn1.C#Cc1cc(C)n(-c2ccc(F)cn2)n1.Cc1cc(C#Cc2ccccn2)nn1-c1ccc(F)cn1. The van der Waals surface area contributed by atoms with E-state index in [2.05, 4.69) is 63.8 Å². The van der Waals surface area contributed by atoms with Gasteiger partial charge in [0.25, 0.3) is 0 Å². The number of hydrogen-bond donors (Lipinski definition) is 0. The number of aryl methyl sites for hydroxylation is 2. The predicted molar refractivity (Wildman–Crippen MR) is 162 cm³/mol. The van der Waals surface area contributed by atoms with Crippen molar-refractivity contribution in [2.75, 3.05) is 0 Å². The average molecular weight is 637 g/mol. The molecule has 0 saturated heterocycles. The maximum absolute atomic E-state index is 12.9. The van der Waals surface area contributed by atoms with E-state index in [0.717, 1.165) is 28.4 Å². The molecule has 212 valence electrons. The molecule has 0 atom stereocenters. The normalized spacial score (nSPS) is 9.77. The van der Waals surface area contributed by atoms with Crippen LogP contribution in [0.15, 0.2) is 102 Å². The van der Waals surface area contributed by atoms with Crippen molar-refractivity contribution in [1.29, 1.82) is 0 Å². The van der Waals surface area contributed by atoms with Crippen molar-refractivity contribution in [3.05, 3.63) is 142 Å². The highest BCUT2D eigenvalue weighted by Gasteiger charge is 2.07. The van der Waals surface area contributed by atoms with Crippen LogP contribution in [0, 0.1) is 49.7 Å². The largest absolute Gasteiger partial charge is 0.249 e. The zero-order valence-corrected chi connectivity index (χ0v) is 24.6. The molecule has 0 amide bonds. The van der Waals surface area contributed by atoms with Gasteiger partial charge in [-0.15, -0.1) is 6.42 Å². The number of nitrogens with zero attached hydrogens (tertiary/aromatic N) is 8. The van der Waals surface area contributed by atoms with Crippen LogP contribution in [0.25, 0.3) is 11.6 Å². The van der Waals surface area contributed by atoms with Gasteiger partial charge in [-0.1, -0.05) is 12.1 Å². The Morgan fingerprint density at radius 2 is 1.19 bits per heavy atom. The fourth-order valence-corrected chi connectivity index (χ4v) is 3.71. The first-order chi connectivity index (χ1) is 20.8. The van der Waals surface area contributed by atoms with E-state index in [1.165, 1.54) is 12.1 Å². The van der Waals surface area contributed by atoms with Gasteiger partial charge in [0.05, 0.1) is 12.4 Å². The highest BCUT2D eigenvalue weighted by molar-refractivity contribution is 9.10. The van der Waals surface area contributed by atoms with E-state index >= 15 is 0 Å². The van der Waals surface area contributed by atoms with Crippen LogP contribution in [0.2, 0.25) is 0 Å². The topological polar surface area (TPSA) is 87.2 Å². The van der Waals surface area contributed by atoms with Gasteiger partial charge in [0, 0.05) is 23.8 Å². The van der Waals surface area contributed by atoms with E-state index < -0.39 is 0 Å².